The molecule has 1 aromatic carbocycles. The smallest absolute Gasteiger partial charge is 0.390 e. The summed E-state index contributed by atoms with van der Waals surface area (Å²) in [5.74, 6) is 0.735. The topological polar surface area (TPSA) is 24.5 Å². The van der Waals surface area contributed by atoms with Crippen LogP contribution < -0.4 is 9.74 Å². The second-order valence-electron chi connectivity index (χ2n) is 6.90. The van der Waals surface area contributed by atoms with E-state index >= 15 is 0 Å². The lowest BCUT2D eigenvalue weighted by atomic mass is 10.0. The van der Waals surface area contributed by atoms with Crippen LogP contribution in [0.25, 0.3) is 0 Å². The fourth-order valence-electron chi connectivity index (χ4n) is 2.78. The molecule has 0 unspecified atom stereocenters. The Hall–Kier alpha value is -0.763. The molecule has 1 N–H and O–H groups in total. The molecule has 0 aromatic heterocycles. The Kier molecular flexibility index (Phi) is 7.59. The highest BCUT2D eigenvalue weighted by molar-refractivity contribution is 6.70. The third-order valence-electron chi connectivity index (χ3n) is 3.71. The van der Waals surface area contributed by atoms with Gasteiger partial charge in [0, 0.05) is 32.2 Å². The molecule has 1 aliphatic heterocycles. The van der Waals surface area contributed by atoms with E-state index in [1.807, 2.05) is 4.90 Å². The van der Waals surface area contributed by atoms with Gasteiger partial charge in [-0.05, 0) is 37.3 Å². The van der Waals surface area contributed by atoms with E-state index in [0.29, 0.717) is 18.7 Å². The van der Waals surface area contributed by atoms with Crippen molar-refractivity contribution in [1.29, 1.82) is 0 Å². The first-order valence-electron chi connectivity index (χ1n) is 7.94. The molecule has 0 amide bonds. The van der Waals surface area contributed by atoms with Crippen molar-refractivity contribution in [2.24, 2.45) is 0 Å². The van der Waals surface area contributed by atoms with Crippen LogP contribution in [0.15, 0.2) is 24.3 Å². The van der Waals surface area contributed by atoms with Gasteiger partial charge in [-0.3, -0.25) is 4.90 Å². The summed E-state index contributed by atoms with van der Waals surface area (Å²) >= 11 is 0. The van der Waals surface area contributed by atoms with Crippen molar-refractivity contribution in [2.75, 3.05) is 26.2 Å². The molecule has 0 aliphatic carbocycles. The molecule has 2 rings (SSSR count). The molecule has 1 fully saturated rings. The number of alkyl halides is 3. The predicted molar refractivity (Wildman–Crippen MR) is 95.5 cm³/mol. The van der Waals surface area contributed by atoms with Gasteiger partial charge < -0.3 is 9.74 Å². The molecule has 8 heteroatoms. The van der Waals surface area contributed by atoms with Gasteiger partial charge in [0.15, 0.2) is 0 Å². The maximum absolute atomic E-state index is 13.0. The number of rotatable bonds is 5. The number of nitrogens with zero attached hydrogens (tertiary/aromatic N) is 1. The Balaban J connectivity index is 0.00000288. The van der Waals surface area contributed by atoms with Crippen molar-refractivity contribution < 1.29 is 17.6 Å². The molecule has 0 saturated carbocycles. The van der Waals surface area contributed by atoms with E-state index in [1.165, 1.54) is 0 Å². The van der Waals surface area contributed by atoms with Gasteiger partial charge in [-0.15, -0.1) is 12.4 Å². The van der Waals surface area contributed by atoms with Crippen molar-refractivity contribution in [3.63, 3.8) is 0 Å². The van der Waals surface area contributed by atoms with E-state index < -0.39 is 27.0 Å². The van der Waals surface area contributed by atoms with Crippen LogP contribution in [-0.4, -0.2) is 45.6 Å². The second-order valence-corrected chi connectivity index (χ2v) is 11.3. The third-order valence-corrected chi connectivity index (χ3v) is 4.55. The Bertz CT molecular complexity index is 500. The number of hydrogen-bond donors (Lipinski definition) is 1. The van der Waals surface area contributed by atoms with E-state index in [0.717, 1.165) is 18.8 Å². The highest BCUT2D eigenvalue weighted by atomic mass is 35.5. The van der Waals surface area contributed by atoms with Crippen LogP contribution >= 0.6 is 12.4 Å². The van der Waals surface area contributed by atoms with Crippen LogP contribution in [0.1, 0.15) is 18.0 Å². The van der Waals surface area contributed by atoms with Gasteiger partial charge in [0.05, 0.1) is 6.42 Å². The molecule has 138 valence electrons. The molecular formula is C16H26ClF3N2OSi. The zero-order valence-corrected chi connectivity index (χ0v) is 16.1. The van der Waals surface area contributed by atoms with Crippen molar-refractivity contribution in [1.82, 2.24) is 10.2 Å². The van der Waals surface area contributed by atoms with E-state index in [-0.39, 0.29) is 12.4 Å². The minimum absolute atomic E-state index is 0. The first-order valence-corrected chi connectivity index (χ1v) is 11.4. The van der Waals surface area contributed by atoms with Crippen molar-refractivity contribution >= 4 is 20.7 Å². The summed E-state index contributed by atoms with van der Waals surface area (Å²) in [4.78, 5) is 1.92. The molecule has 1 saturated heterocycles. The largest absolute Gasteiger partial charge is 0.544 e. The average molecular weight is 383 g/mol. The van der Waals surface area contributed by atoms with Crippen LogP contribution in [0, 0.1) is 0 Å². The molecule has 1 heterocycles. The summed E-state index contributed by atoms with van der Waals surface area (Å²) < 4.78 is 44.8. The van der Waals surface area contributed by atoms with Gasteiger partial charge in [0.2, 0.25) is 8.32 Å². The molecule has 0 radical (unpaired) electrons. The highest BCUT2D eigenvalue weighted by Crippen LogP contribution is 2.34. The Morgan fingerprint density at radius 1 is 1.12 bits per heavy atom. The normalized spacial score (nSPS) is 17.9. The summed E-state index contributed by atoms with van der Waals surface area (Å²) in [7, 11) is -1.71. The highest BCUT2D eigenvalue weighted by Gasteiger charge is 2.36. The van der Waals surface area contributed by atoms with E-state index in [2.05, 4.69) is 25.0 Å². The number of benzene rings is 1. The first kappa shape index (κ1) is 21.3. The fourth-order valence-corrected chi connectivity index (χ4v) is 3.63. The summed E-state index contributed by atoms with van der Waals surface area (Å²) in [5.41, 5.74) is 0.701. The zero-order chi connectivity index (χ0) is 17.1. The Morgan fingerprint density at radius 2 is 1.67 bits per heavy atom. The second kappa shape index (κ2) is 8.56. The van der Waals surface area contributed by atoms with Gasteiger partial charge >= 0.3 is 6.18 Å². The van der Waals surface area contributed by atoms with Gasteiger partial charge in [-0.25, -0.2) is 0 Å². The van der Waals surface area contributed by atoms with Crippen LogP contribution in [0.5, 0.6) is 5.75 Å². The van der Waals surface area contributed by atoms with Gasteiger partial charge in [-0.2, -0.15) is 13.2 Å². The monoisotopic (exact) mass is 382 g/mol. The van der Waals surface area contributed by atoms with Crippen LogP contribution in [0.3, 0.4) is 0 Å². The Morgan fingerprint density at radius 3 is 2.12 bits per heavy atom. The van der Waals surface area contributed by atoms with Crippen molar-refractivity contribution in [2.45, 2.75) is 38.3 Å². The lowest BCUT2D eigenvalue weighted by Gasteiger charge is -2.35. The summed E-state index contributed by atoms with van der Waals surface area (Å²) in [6.45, 7) is 8.95. The van der Waals surface area contributed by atoms with Gasteiger partial charge in [0.25, 0.3) is 0 Å². The molecular weight excluding hydrogens is 357 g/mol. The first-order chi connectivity index (χ1) is 10.6. The van der Waals surface area contributed by atoms with Crippen molar-refractivity contribution in [3.05, 3.63) is 29.8 Å². The quantitative estimate of drug-likeness (QED) is 0.771. The summed E-state index contributed by atoms with van der Waals surface area (Å²) in [6, 6.07) is 6.50. The van der Waals surface area contributed by atoms with E-state index in [9.17, 15) is 13.2 Å². The lowest BCUT2D eigenvalue weighted by molar-refractivity contribution is -0.148. The predicted octanol–water partition coefficient (Wildman–Crippen LogP) is 4.22. The third kappa shape index (κ3) is 7.00. The minimum Gasteiger partial charge on any atom is -0.544 e. The Labute approximate surface area is 149 Å². The number of halogens is 4. The maximum Gasteiger partial charge on any atom is 0.390 e. The molecule has 1 atom stereocenters. The SMILES string of the molecule is C[Si](C)(C)Oc1ccc([C@@H](CC(F)(F)F)N2CCNCC2)cc1.Cl. The summed E-state index contributed by atoms with van der Waals surface area (Å²) in [6.07, 6.45) is -5.00. The number of piperazine rings is 1. The molecule has 0 bridgehead atoms. The summed E-state index contributed by atoms with van der Waals surface area (Å²) in [5, 5.41) is 3.18. The van der Waals surface area contributed by atoms with Crippen LogP contribution in [-0.2, 0) is 0 Å². The van der Waals surface area contributed by atoms with E-state index in [1.54, 1.807) is 24.3 Å². The molecule has 24 heavy (non-hydrogen) atoms. The molecule has 0 spiro atoms. The molecule has 1 aliphatic rings. The number of hydrogen-bond acceptors (Lipinski definition) is 3. The van der Waals surface area contributed by atoms with Gasteiger partial charge in [0.1, 0.15) is 5.75 Å². The standard InChI is InChI=1S/C16H25F3N2OSi.ClH/c1-23(2,3)22-14-6-4-13(5-7-14)15(12-16(17,18)19)21-10-8-20-9-11-21;/h4-7,15,20H,8-12H2,1-3H3;1H/t15-;/m1./s1. The molecule has 1 aromatic rings. The van der Waals surface area contributed by atoms with Crippen molar-refractivity contribution in [3.8, 4) is 5.75 Å². The average Bonchev–Trinajstić information content (AvgIpc) is 2.44. The van der Waals surface area contributed by atoms with Crippen LogP contribution in [0.2, 0.25) is 19.6 Å². The zero-order valence-electron chi connectivity index (χ0n) is 14.3. The fraction of sp³-hybridized carbons (Fsp3) is 0.625. The lowest BCUT2D eigenvalue weighted by Crippen LogP contribution is -2.46. The minimum atomic E-state index is -4.18. The molecule has 3 nitrogen and oxygen atoms in total. The maximum atomic E-state index is 13.0. The van der Waals surface area contributed by atoms with E-state index in [4.69, 9.17) is 4.43 Å². The number of nitrogens with one attached hydrogen (secondary N) is 1. The van der Waals surface area contributed by atoms with Crippen LogP contribution in [0.4, 0.5) is 13.2 Å². The van der Waals surface area contributed by atoms with Gasteiger partial charge in [-0.1, -0.05) is 12.1 Å².